The lowest BCUT2D eigenvalue weighted by Crippen LogP contribution is -2.43. The largest absolute Gasteiger partial charge is 0.493 e. The van der Waals surface area contributed by atoms with Crippen molar-refractivity contribution < 1.29 is 33.3 Å². The van der Waals surface area contributed by atoms with Gasteiger partial charge in [-0.1, -0.05) is 20.8 Å². The Morgan fingerprint density at radius 2 is 1.76 bits per heavy atom. The van der Waals surface area contributed by atoms with Crippen molar-refractivity contribution in [3.05, 3.63) is 52.1 Å². The Morgan fingerprint density at radius 1 is 1.05 bits per heavy atom. The summed E-state index contributed by atoms with van der Waals surface area (Å²) >= 11 is 0. The molecule has 2 amide bonds. The molecule has 0 bridgehead atoms. The van der Waals surface area contributed by atoms with E-state index in [1.807, 2.05) is 27.7 Å². The van der Waals surface area contributed by atoms with Crippen LogP contribution in [0.4, 0.5) is 0 Å². The number of fused-ring (bicyclic) bond motifs is 1. The highest BCUT2D eigenvalue weighted by Crippen LogP contribution is 2.40. The molecule has 11 heteroatoms. The number of methoxy groups -OCH3 is 1. The molecule has 0 atom stereocenters. The molecular formula is C31H40N4O7. The first-order valence-corrected chi connectivity index (χ1v) is 14.1. The predicted molar refractivity (Wildman–Crippen MR) is 157 cm³/mol. The minimum absolute atomic E-state index is 0.0607. The quantitative estimate of drug-likeness (QED) is 0.410. The molecule has 0 unspecified atom stereocenters. The molecule has 1 fully saturated rings. The van der Waals surface area contributed by atoms with Crippen LogP contribution >= 0.6 is 0 Å². The van der Waals surface area contributed by atoms with E-state index in [0.29, 0.717) is 73.4 Å². The van der Waals surface area contributed by atoms with Crippen LogP contribution in [-0.2, 0) is 21.5 Å². The van der Waals surface area contributed by atoms with Crippen LogP contribution in [0, 0.1) is 5.41 Å². The minimum atomic E-state index is -0.392. The number of nitrogens with zero attached hydrogens (tertiary/aromatic N) is 2. The molecule has 2 aliphatic heterocycles. The van der Waals surface area contributed by atoms with Crippen LogP contribution in [0.25, 0.3) is 0 Å². The summed E-state index contributed by atoms with van der Waals surface area (Å²) in [6.45, 7) is 10.3. The summed E-state index contributed by atoms with van der Waals surface area (Å²) in [6, 6.07) is 6.81. The van der Waals surface area contributed by atoms with Crippen molar-refractivity contribution in [3.8, 4) is 17.2 Å². The van der Waals surface area contributed by atoms with Crippen LogP contribution < -0.4 is 19.5 Å². The Labute approximate surface area is 246 Å². The van der Waals surface area contributed by atoms with Crippen molar-refractivity contribution in [3.63, 3.8) is 0 Å². The second-order valence-corrected chi connectivity index (χ2v) is 11.2. The van der Waals surface area contributed by atoms with Gasteiger partial charge in [0.2, 0.25) is 0 Å². The SMILES string of the molecule is CCOc1cc2c(cc1C(=O)NC)C(=N)N(CC(=O)c1cc(OCC(=O)N3CCOCC3)c(OC)c(C(C)(C)C)c1)C2. The van der Waals surface area contributed by atoms with E-state index in [2.05, 4.69) is 5.32 Å². The van der Waals surface area contributed by atoms with Crippen molar-refractivity contribution in [1.29, 1.82) is 5.41 Å². The maximum atomic E-state index is 13.7. The molecule has 11 nitrogen and oxygen atoms in total. The van der Waals surface area contributed by atoms with Crippen molar-refractivity contribution in [1.82, 2.24) is 15.1 Å². The van der Waals surface area contributed by atoms with Crippen LogP contribution in [-0.4, -0.2) is 93.5 Å². The number of amidine groups is 1. The fourth-order valence-corrected chi connectivity index (χ4v) is 5.10. The van der Waals surface area contributed by atoms with E-state index in [-0.39, 0.29) is 36.6 Å². The molecule has 4 rings (SSSR count). The molecule has 2 heterocycles. The fraction of sp³-hybridized carbons (Fsp3) is 0.484. The topological polar surface area (TPSA) is 130 Å². The average molecular weight is 581 g/mol. The number of nitrogens with one attached hydrogen (secondary N) is 2. The van der Waals surface area contributed by atoms with Gasteiger partial charge in [-0.05, 0) is 42.2 Å². The minimum Gasteiger partial charge on any atom is -0.493 e. The molecule has 1 saturated heterocycles. The second-order valence-electron chi connectivity index (χ2n) is 11.2. The smallest absolute Gasteiger partial charge is 0.260 e. The van der Waals surface area contributed by atoms with Crippen molar-refractivity contribution in [2.45, 2.75) is 39.7 Å². The third-order valence-corrected chi connectivity index (χ3v) is 7.35. The first kappa shape index (κ1) is 30.8. The molecule has 0 aromatic heterocycles. The lowest BCUT2D eigenvalue weighted by atomic mass is 9.84. The number of morpholine rings is 1. The van der Waals surface area contributed by atoms with Crippen molar-refractivity contribution in [2.75, 3.05) is 60.2 Å². The number of amides is 2. The van der Waals surface area contributed by atoms with E-state index in [9.17, 15) is 14.4 Å². The lowest BCUT2D eigenvalue weighted by Gasteiger charge is -2.28. The molecular weight excluding hydrogens is 540 g/mol. The summed E-state index contributed by atoms with van der Waals surface area (Å²) in [6.07, 6.45) is 0. The standard InChI is InChI=1S/C31H40N4O7/c1-7-41-25-14-20-16-35(29(32)21(20)15-22(25)30(38)33-5)17-24(36)19-12-23(31(2,3)4)28(39-6)26(13-19)42-18-27(37)34-8-10-40-11-9-34/h12-15,32H,7-11,16-18H2,1-6H3,(H,33,38). The first-order valence-electron chi connectivity index (χ1n) is 14.1. The molecule has 42 heavy (non-hydrogen) atoms. The van der Waals surface area contributed by atoms with Gasteiger partial charge in [-0.15, -0.1) is 0 Å². The Bertz CT molecular complexity index is 1380. The van der Waals surface area contributed by atoms with Crippen LogP contribution in [0.1, 0.15) is 65.1 Å². The molecule has 2 aromatic rings. The first-order chi connectivity index (χ1) is 20.0. The van der Waals surface area contributed by atoms with Gasteiger partial charge in [0.1, 0.15) is 11.6 Å². The number of hydrogen-bond acceptors (Lipinski definition) is 8. The van der Waals surface area contributed by atoms with E-state index >= 15 is 0 Å². The maximum Gasteiger partial charge on any atom is 0.260 e. The molecule has 0 saturated carbocycles. The molecule has 2 aromatic carbocycles. The summed E-state index contributed by atoms with van der Waals surface area (Å²) in [5.41, 5.74) is 2.49. The summed E-state index contributed by atoms with van der Waals surface area (Å²) in [4.78, 5) is 42.3. The van der Waals surface area contributed by atoms with Gasteiger partial charge in [-0.3, -0.25) is 19.8 Å². The average Bonchev–Trinajstić information content (AvgIpc) is 3.27. The van der Waals surface area contributed by atoms with E-state index in [4.69, 9.17) is 24.4 Å². The number of hydrogen-bond donors (Lipinski definition) is 2. The molecule has 226 valence electrons. The van der Waals surface area contributed by atoms with Gasteiger partial charge in [0.15, 0.2) is 23.9 Å². The molecule has 0 radical (unpaired) electrons. The van der Waals surface area contributed by atoms with Gasteiger partial charge < -0.3 is 34.1 Å². The van der Waals surface area contributed by atoms with Gasteiger partial charge in [-0.2, -0.15) is 0 Å². The molecule has 0 spiro atoms. The Balaban J connectivity index is 1.59. The summed E-state index contributed by atoms with van der Waals surface area (Å²) in [5, 5.41) is 11.4. The highest BCUT2D eigenvalue weighted by Gasteiger charge is 2.31. The zero-order valence-electron chi connectivity index (χ0n) is 25.2. The van der Waals surface area contributed by atoms with Gasteiger partial charge in [0.25, 0.3) is 11.8 Å². The van der Waals surface area contributed by atoms with Gasteiger partial charge in [0, 0.05) is 43.4 Å². The Kier molecular flexibility index (Phi) is 9.40. The summed E-state index contributed by atoms with van der Waals surface area (Å²) in [5.74, 6) is 0.684. The monoisotopic (exact) mass is 580 g/mol. The Hall–Kier alpha value is -4.12. The number of ketones is 1. The lowest BCUT2D eigenvalue weighted by molar-refractivity contribution is -0.137. The van der Waals surface area contributed by atoms with Crippen LogP contribution in [0.2, 0.25) is 0 Å². The second kappa shape index (κ2) is 12.8. The third kappa shape index (κ3) is 6.51. The van der Waals surface area contributed by atoms with Gasteiger partial charge in [-0.25, -0.2) is 0 Å². The summed E-state index contributed by atoms with van der Waals surface area (Å²) < 4.78 is 22.7. The van der Waals surface area contributed by atoms with E-state index < -0.39 is 5.41 Å². The van der Waals surface area contributed by atoms with Crippen LogP contribution in [0.15, 0.2) is 24.3 Å². The summed E-state index contributed by atoms with van der Waals surface area (Å²) in [7, 11) is 3.08. The number of Topliss-reactive ketones (excluding diaryl/α,β-unsaturated/α-hetero) is 1. The molecule has 2 aliphatic rings. The predicted octanol–water partition coefficient (Wildman–Crippen LogP) is 3.01. The van der Waals surface area contributed by atoms with Gasteiger partial charge in [0.05, 0.1) is 39.0 Å². The number of carbonyl (C=O) groups is 3. The molecule has 2 N–H and O–H groups in total. The highest BCUT2D eigenvalue weighted by atomic mass is 16.5. The van der Waals surface area contributed by atoms with Crippen LogP contribution in [0.5, 0.6) is 17.2 Å². The number of ether oxygens (including phenoxy) is 4. The van der Waals surface area contributed by atoms with Crippen molar-refractivity contribution >= 4 is 23.4 Å². The fourth-order valence-electron chi connectivity index (χ4n) is 5.10. The van der Waals surface area contributed by atoms with Crippen LogP contribution in [0.3, 0.4) is 0 Å². The van der Waals surface area contributed by atoms with E-state index in [0.717, 1.165) is 11.1 Å². The van der Waals surface area contributed by atoms with Gasteiger partial charge >= 0.3 is 0 Å². The zero-order valence-corrected chi connectivity index (χ0v) is 25.2. The highest BCUT2D eigenvalue weighted by molar-refractivity contribution is 6.07. The normalized spacial score (nSPS) is 14.9. The third-order valence-electron chi connectivity index (χ3n) is 7.35. The number of rotatable bonds is 10. The number of carbonyl (C=O) groups excluding carboxylic acids is 3. The Morgan fingerprint density at radius 3 is 2.38 bits per heavy atom. The maximum absolute atomic E-state index is 13.7. The van der Waals surface area contributed by atoms with E-state index in [1.165, 1.54) is 7.11 Å². The van der Waals surface area contributed by atoms with Crippen molar-refractivity contribution in [2.24, 2.45) is 0 Å². The zero-order chi connectivity index (χ0) is 30.6. The molecule has 0 aliphatic carbocycles. The van der Waals surface area contributed by atoms with E-state index in [1.54, 1.807) is 41.1 Å². The number of benzene rings is 2.